The molecule has 6 aliphatic rings. The van der Waals surface area contributed by atoms with E-state index in [9.17, 15) is 20.1 Å². The molecule has 446 valence electrons. The Morgan fingerprint density at radius 2 is 0.917 bits per heavy atom. The van der Waals surface area contributed by atoms with Crippen molar-refractivity contribution in [3.63, 3.8) is 0 Å². The number of aliphatic hydroxyl groups is 3. The van der Waals surface area contributed by atoms with Gasteiger partial charge in [0.1, 0.15) is 5.78 Å². The van der Waals surface area contributed by atoms with Gasteiger partial charge in [0.05, 0.1) is 16.8 Å². The van der Waals surface area contributed by atoms with E-state index in [1.807, 2.05) is 19.1 Å². The first kappa shape index (κ1) is 68.8. The fourth-order valence-electron chi connectivity index (χ4n) is 13.2. The van der Waals surface area contributed by atoms with Crippen LogP contribution in [0.5, 0.6) is 0 Å². The van der Waals surface area contributed by atoms with Gasteiger partial charge in [0, 0.05) is 71.7 Å². The molecule has 1 saturated carbocycles. The number of hydrogen-bond acceptors (Lipinski definition) is 8. The first-order valence-electron chi connectivity index (χ1n) is 30.9. The molecule has 4 heterocycles. The van der Waals surface area contributed by atoms with Crippen molar-refractivity contribution in [2.45, 2.75) is 149 Å². The number of likely N-dealkylation sites (tertiary alicyclic amines) is 3. The summed E-state index contributed by atoms with van der Waals surface area (Å²) in [6.45, 7) is 27.5. The fourth-order valence-corrected chi connectivity index (χ4v) is 13.2. The van der Waals surface area contributed by atoms with Crippen molar-refractivity contribution >= 4 is 28.8 Å². The van der Waals surface area contributed by atoms with Gasteiger partial charge in [0.15, 0.2) is 0 Å². The van der Waals surface area contributed by atoms with E-state index in [0.717, 1.165) is 151 Å². The molecule has 4 N–H and O–H groups in total. The van der Waals surface area contributed by atoms with Crippen LogP contribution in [0.1, 0.15) is 137 Å². The van der Waals surface area contributed by atoms with Crippen molar-refractivity contribution in [1.29, 1.82) is 0 Å². The summed E-state index contributed by atoms with van der Waals surface area (Å²) in [4.78, 5) is 18.4. The molecule has 4 aliphatic heterocycles. The Morgan fingerprint density at radius 1 is 0.500 bits per heavy atom. The number of ketones is 1. The number of aryl methyl sites for hydroxylation is 8. The monoisotopic (exact) mass is 1210 g/mol. The maximum Gasteiger partial charge on any atom is 2.00 e. The number of nitrogens with one attached hydrogen (secondary N) is 1. The summed E-state index contributed by atoms with van der Waals surface area (Å²) in [5.41, 5.74) is 14.0. The van der Waals surface area contributed by atoms with Crippen molar-refractivity contribution in [1.82, 2.24) is 20.0 Å². The van der Waals surface area contributed by atoms with Crippen LogP contribution in [0.25, 0.3) is 0 Å². The van der Waals surface area contributed by atoms with E-state index in [0.29, 0.717) is 5.78 Å². The van der Waals surface area contributed by atoms with Crippen LogP contribution in [0.15, 0.2) is 146 Å². The Morgan fingerprint density at radius 3 is 1.31 bits per heavy atom. The maximum atomic E-state index is 11.2. The average Bonchev–Trinajstić information content (AvgIpc) is 4.11. The largest absolute Gasteiger partial charge is 2.00 e. The summed E-state index contributed by atoms with van der Waals surface area (Å²) in [6, 6.07) is 49.4. The maximum absolute atomic E-state index is 11.2. The minimum absolute atomic E-state index is 0. The van der Waals surface area contributed by atoms with Crippen LogP contribution in [0.4, 0.5) is 0 Å². The number of allylic oxidation sites excluding steroid dienone is 2. The molecule has 2 bridgehead atoms. The van der Waals surface area contributed by atoms with E-state index in [-0.39, 0.29) is 40.0 Å². The molecule has 12 rings (SSSR count). The summed E-state index contributed by atoms with van der Waals surface area (Å²) in [6.07, 6.45) is 14.1. The van der Waals surface area contributed by atoms with Crippen LogP contribution in [0.3, 0.4) is 0 Å². The third kappa shape index (κ3) is 19.9. The fraction of sp³-hybridized carbons (Fsp3) is 0.473. The normalized spacial score (nSPS) is 21.3. The minimum Gasteiger partial charge on any atom is -1.00 e. The molecule has 0 aromatic heterocycles. The molecule has 6 aromatic rings. The minimum atomic E-state index is -0.663. The SMILES string of the molecule is Cc1[c-]cc(C)cc1.Cc1ccc(C)c(C2(O)CCN(CC3CC4C=CC3C4)CC2)c1.Cc1ccc(C)c(C2(O)CCN(Cc3ccccc3)CC2)c1.Cc1ccc(C)c(C2(O)CCNCC2)c1.O=C1CCN(Cc2ccccc2)CC1.[Br-].[Mg+2]. The third-order valence-electron chi connectivity index (χ3n) is 18.4. The molecule has 2 aliphatic carbocycles. The predicted octanol–water partition coefficient (Wildman–Crippen LogP) is 10.0. The molecule has 5 fully saturated rings. The summed E-state index contributed by atoms with van der Waals surface area (Å²) in [5.74, 6) is 2.97. The van der Waals surface area contributed by atoms with E-state index in [1.165, 1.54) is 75.0 Å². The Kier molecular flexibility index (Phi) is 26.7. The first-order valence-corrected chi connectivity index (χ1v) is 30.9. The van der Waals surface area contributed by atoms with Gasteiger partial charge in [-0.25, -0.2) is 0 Å². The molecule has 8 nitrogen and oxygen atoms in total. The Bertz CT molecular complexity index is 2950. The molecule has 3 atom stereocenters. The predicted molar refractivity (Wildman–Crippen MR) is 343 cm³/mol. The number of halogens is 1. The molecular weight excluding hydrogens is 1110 g/mol. The Balaban J connectivity index is 0.000000174. The smallest absolute Gasteiger partial charge is 1.00 e. The number of nitrogens with zero attached hydrogens (tertiary/aromatic N) is 3. The zero-order chi connectivity index (χ0) is 58.3. The van der Waals surface area contributed by atoms with Gasteiger partial charge in [-0.3, -0.25) is 14.6 Å². The molecule has 10 heteroatoms. The van der Waals surface area contributed by atoms with Crippen LogP contribution in [0, 0.1) is 79.2 Å². The van der Waals surface area contributed by atoms with Gasteiger partial charge in [-0.2, -0.15) is 35.4 Å². The molecule has 0 amide bonds. The van der Waals surface area contributed by atoms with Crippen LogP contribution in [0.2, 0.25) is 0 Å². The van der Waals surface area contributed by atoms with Crippen molar-refractivity contribution in [3.05, 3.63) is 224 Å². The summed E-state index contributed by atoms with van der Waals surface area (Å²) in [5, 5.41) is 36.2. The van der Waals surface area contributed by atoms with Gasteiger partial charge < -0.3 is 42.5 Å². The van der Waals surface area contributed by atoms with Crippen LogP contribution in [-0.4, -0.2) is 118 Å². The van der Waals surface area contributed by atoms with Gasteiger partial charge in [-0.15, -0.1) is 0 Å². The van der Waals surface area contributed by atoms with Gasteiger partial charge in [0.25, 0.3) is 0 Å². The average molecular weight is 1210 g/mol. The van der Waals surface area contributed by atoms with Crippen LogP contribution < -0.4 is 22.3 Å². The second-order valence-corrected chi connectivity index (χ2v) is 25.3. The van der Waals surface area contributed by atoms with E-state index in [1.54, 1.807) is 0 Å². The number of piperidine rings is 4. The van der Waals surface area contributed by atoms with E-state index in [2.05, 4.69) is 208 Å². The van der Waals surface area contributed by atoms with E-state index < -0.39 is 16.8 Å². The van der Waals surface area contributed by atoms with Gasteiger partial charge >= 0.3 is 23.1 Å². The molecule has 3 unspecified atom stereocenters. The number of benzene rings is 6. The van der Waals surface area contributed by atoms with Gasteiger partial charge in [-0.05, 0) is 168 Å². The summed E-state index contributed by atoms with van der Waals surface area (Å²) in [7, 11) is 0. The zero-order valence-corrected chi connectivity index (χ0v) is 55.1. The molecular formula is C74H97BrMgN4O4. The molecule has 0 radical (unpaired) electrons. The Hall–Kier alpha value is -4.30. The van der Waals surface area contributed by atoms with E-state index >= 15 is 0 Å². The second kappa shape index (κ2) is 32.6. The standard InChI is InChI=1S/C21H29NO.C20H25NO.C13H19NO.C12H15NO.C8H9.BrH.Mg/c1-15-3-4-16(2)20(11-15)21(23)7-9-22(10-8-21)14-19-13-17-5-6-18(19)12-17;1-16-8-9-17(2)19(14-16)20(22)10-12-21(13-11-20)15-18-6-4-3-5-7-18;1-10-3-4-11(2)12(9-10)13(15)5-7-14-8-6-13;14-12-6-8-13(9-7-12)10-11-4-2-1-3-5-11;1-7-3-5-8(2)6-4-7;;/h3-6,11,17-19,23H,7-10,12-14H2,1-2H3;3-9,14,22H,10-13,15H2,1-2H3;3-4,9,14-15H,5-8H2,1-2H3;1-5H,6-10H2;3-5H,1-2H3;1H;/q;;;;-1;;+2/p-1. The van der Waals surface area contributed by atoms with E-state index in [4.69, 9.17) is 0 Å². The van der Waals surface area contributed by atoms with Crippen LogP contribution >= 0.6 is 0 Å². The second-order valence-electron chi connectivity index (χ2n) is 25.3. The number of carbonyl (C=O) groups is 1. The number of carbonyl (C=O) groups excluding carboxylic acids is 1. The van der Waals surface area contributed by atoms with Crippen molar-refractivity contribution in [2.24, 2.45) is 17.8 Å². The number of fused-ring (bicyclic) bond motifs is 2. The number of hydrogen-bond donors (Lipinski definition) is 4. The topological polar surface area (TPSA) is 99.5 Å². The number of Topliss-reactive ketones (excluding diaryl/α,β-unsaturated/α-hetero) is 1. The quantitative estimate of drug-likeness (QED) is 0.0646. The molecule has 0 spiro atoms. The van der Waals surface area contributed by atoms with Crippen molar-refractivity contribution < 1.29 is 37.1 Å². The molecule has 4 saturated heterocycles. The van der Waals surface area contributed by atoms with Crippen molar-refractivity contribution in [3.8, 4) is 0 Å². The molecule has 6 aromatic carbocycles. The first-order chi connectivity index (χ1) is 39.3. The summed E-state index contributed by atoms with van der Waals surface area (Å²) >= 11 is 0. The number of rotatable bonds is 9. The van der Waals surface area contributed by atoms with Crippen molar-refractivity contribution in [2.75, 3.05) is 58.9 Å². The third-order valence-corrected chi connectivity index (χ3v) is 18.4. The van der Waals surface area contributed by atoms with Crippen LogP contribution in [-0.2, 0) is 34.7 Å². The summed E-state index contributed by atoms with van der Waals surface area (Å²) < 4.78 is 0. The Labute approximate surface area is 532 Å². The van der Waals surface area contributed by atoms with Gasteiger partial charge in [0.2, 0.25) is 0 Å². The zero-order valence-electron chi connectivity index (χ0n) is 52.1. The van der Waals surface area contributed by atoms with Gasteiger partial charge in [-0.1, -0.05) is 158 Å². The molecule has 84 heavy (non-hydrogen) atoms.